The van der Waals surface area contributed by atoms with Crippen LogP contribution in [-0.2, 0) is 24.8 Å². The van der Waals surface area contributed by atoms with Crippen LogP contribution in [0.15, 0.2) is 38.6 Å². The molecule has 3 rings (SSSR count). The summed E-state index contributed by atoms with van der Waals surface area (Å²) in [5.74, 6) is -0.438. The predicted molar refractivity (Wildman–Crippen MR) is 116 cm³/mol. The maximum absolute atomic E-state index is 13.2. The Morgan fingerprint density at radius 1 is 1.22 bits per heavy atom. The number of hydrogen-bond acceptors (Lipinski definition) is 7. The number of aryl methyl sites for hydroxylation is 2. The van der Waals surface area contributed by atoms with Gasteiger partial charge in [0.1, 0.15) is 10.6 Å². The Hall–Kier alpha value is -2.28. The maximum atomic E-state index is 13.2. The molecule has 0 aliphatic carbocycles. The molecule has 0 saturated carbocycles. The molecule has 1 saturated heterocycles. The molecule has 1 aromatic heterocycles. The number of benzene rings is 1. The van der Waals surface area contributed by atoms with E-state index in [9.17, 15) is 21.6 Å². The normalized spacial score (nSPS) is 19.0. The summed E-state index contributed by atoms with van der Waals surface area (Å²) in [5, 5.41) is 8.87. The van der Waals surface area contributed by atoms with Crippen LogP contribution in [0.25, 0.3) is 0 Å². The van der Waals surface area contributed by atoms with Crippen LogP contribution in [0.5, 0.6) is 0 Å². The number of amides is 1. The number of carbonyl (C=O) groups is 1. The van der Waals surface area contributed by atoms with Crippen LogP contribution in [0.4, 0.5) is 0 Å². The lowest BCUT2D eigenvalue weighted by molar-refractivity contribution is -0.137. The predicted octanol–water partition coefficient (Wildman–Crippen LogP) is 1.56. The fraction of sp³-hybridized carbons (Fsp3) is 0.500. The van der Waals surface area contributed by atoms with E-state index in [2.05, 4.69) is 5.16 Å². The summed E-state index contributed by atoms with van der Waals surface area (Å²) in [5.41, 5.74) is 1.04. The number of primary sulfonamides is 1. The first kappa shape index (κ1) is 24.4. The van der Waals surface area contributed by atoms with Crippen molar-refractivity contribution in [1.29, 1.82) is 0 Å². The fourth-order valence-electron chi connectivity index (χ4n) is 3.97. The van der Waals surface area contributed by atoms with Crippen LogP contribution >= 0.6 is 0 Å². The van der Waals surface area contributed by atoms with E-state index in [1.54, 1.807) is 37.9 Å². The second kappa shape index (κ2) is 8.93. The van der Waals surface area contributed by atoms with Gasteiger partial charge in [-0.1, -0.05) is 17.3 Å². The molecule has 1 aromatic carbocycles. The number of rotatable bonds is 6. The zero-order valence-corrected chi connectivity index (χ0v) is 20.1. The van der Waals surface area contributed by atoms with Crippen molar-refractivity contribution in [2.24, 2.45) is 11.1 Å². The standard InChI is InChI=1S/C20H28N4O6S2/c1-13-19(15(3)30-22-13)32(28,29)24-11-5-6-17(12-24)20(25)23(4)14(2)16-7-9-18(10-8-16)31(21,26)27/h7-10,14,17H,5-6,11-12H2,1-4H3,(H2,21,26,27). The molecule has 32 heavy (non-hydrogen) atoms. The maximum Gasteiger partial charge on any atom is 0.248 e. The van der Waals surface area contributed by atoms with Gasteiger partial charge >= 0.3 is 0 Å². The Morgan fingerprint density at radius 2 is 1.84 bits per heavy atom. The highest BCUT2D eigenvalue weighted by molar-refractivity contribution is 7.89. The average molecular weight is 485 g/mol. The molecule has 2 N–H and O–H groups in total. The zero-order chi connectivity index (χ0) is 23.8. The van der Waals surface area contributed by atoms with Gasteiger partial charge in [-0.15, -0.1) is 0 Å². The van der Waals surface area contributed by atoms with Crippen LogP contribution in [0.2, 0.25) is 0 Å². The lowest BCUT2D eigenvalue weighted by Crippen LogP contribution is -2.46. The first-order valence-electron chi connectivity index (χ1n) is 10.2. The van der Waals surface area contributed by atoms with Crippen molar-refractivity contribution in [1.82, 2.24) is 14.4 Å². The number of nitrogens with zero attached hydrogens (tertiary/aromatic N) is 3. The van der Waals surface area contributed by atoms with Gasteiger partial charge in [-0.3, -0.25) is 4.79 Å². The van der Waals surface area contributed by atoms with Gasteiger partial charge in [0.25, 0.3) is 0 Å². The van der Waals surface area contributed by atoms with Crippen LogP contribution in [0, 0.1) is 19.8 Å². The smallest absolute Gasteiger partial charge is 0.248 e. The number of carbonyl (C=O) groups excluding carboxylic acids is 1. The second-order valence-electron chi connectivity index (χ2n) is 8.09. The van der Waals surface area contributed by atoms with E-state index >= 15 is 0 Å². The van der Waals surface area contributed by atoms with Crippen molar-refractivity contribution in [2.75, 3.05) is 20.1 Å². The Balaban J connectivity index is 1.75. The van der Waals surface area contributed by atoms with Gasteiger partial charge in [0.05, 0.1) is 16.9 Å². The summed E-state index contributed by atoms with van der Waals surface area (Å²) >= 11 is 0. The summed E-state index contributed by atoms with van der Waals surface area (Å²) in [6.07, 6.45) is 1.14. The highest BCUT2D eigenvalue weighted by atomic mass is 32.2. The van der Waals surface area contributed by atoms with Crippen molar-refractivity contribution >= 4 is 26.0 Å². The highest BCUT2D eigenvalue weighted by Gasteiger charge is 2.37. The van der Waals surface area contributed by atoms with Crippen molar-refractivity contribution in [3.63, 3.8) is 0 Å². The Kier molecular flexibility index (Phi) is 6.80. The number of hydrogen-bond donors (Lipinski definition) is 1. The molecule has 12 heteroatoms. The van der Waals surface area contributed by atoms with Gasteiger partial charge in [-0.05, 0) is 51.3 Å². The zero-order valence-electron chi connectivity index (χ0n) is 18.5. The molecule has 0 spiro atoms. The van der Waals surface area contributed by atoms with E-state index in [0.29, 0.717) is 25.1 Å². The quantitative estimate of drug-likeness (QED) is 0.655. The average Bonchev–Trinajstić information content (AvgIpc) is 3.10. The lowest BCUT2D eigenvalue weighted by atomic mass is 9.97. The van der Waals surface area contributed by atoms with Gasteiger partial charge in [0.2, 0.25) is 26.0 Å². The van der Waals surface area contributed by atoms with Gasteiger partial charge in [-0.25, -0.2) is 22.0 Å². The first-order chi connectivity index (χ1) is 14.8. The van der Waals surface area contributed by atoms with Crippen LogP contribution < -0.4 is 5.14 Å². The SMILES string of the molecule is Cc1noc(C)c1S(=O)(=O)N1CCCC(C(=O)N(C)C(C)c2ccc(S(N)(=O)=O)cc2)C1. The van der Waals surface area contributed by atoms with Gasteiger partial charge in [0, 0.05) is 20.1 Å². The number of sulfonamides is 2. The monoisotopic (exact) mass is 484 g/mol. The first-order valence-corrected chi connectivity index (χ1v) is 13.1. The molecule has 10 nitrogen and oxygen atoms in total. The second-order valence-corrected chi connectivity index (χ2v) is 11.5. The Morgan fingerprint density at radius 3 is 2.38 bits per heavy atom. The van der Waals surface area contributed by atoms with Crippen LogP contribution in [0.1, 0.15) is 42.8 Å². The van der Waals surface area contributed by atoms with E-state index in [4.69, 9.17) is 9.66 Å². The molecule has 176 valence electrons. The molecule has 2 atom stereocenters. The van der Waals surface area contributed by atoms with Crippen LogP contribution in [-0.4, -0.2) is 57.2 Å². The summed E-state index contributed by atoms with van der Waals surface area (Å²) in [4.78, 5) is 14.8. The summed E-state index contributed by atoms with van der Waals surface area (Å²) < 4.78 is 55.5. The van der Waals surface area contributed by atoms with E-state index < -0.39 is 26.0 Å². The summed E-state index contributed by atoms with van der Waals surface area (Å²) in [6, 6.07) is 5.69. The van der Waals surface area contributed by atoms with E-state index in [0.717, 1.165) is 5.56 Å². The highest BCUT2D eigenvalue weighted by Crippen LogP contribution is 2.30. The third-order valence-electron chi connectivity index (χ3n) is 5.92. The molecule has 1 aliphatic heterocycles. The topological polar surface area (TPSA) is 144 Å². The fourth-order valence-corrected chi connectivity index (χ4v) is 6.30. The number of piperidine rings is 1. The summed E-state index contributed by atoms with van der Waals surface area (Å²) in [7, 11) is -5.97. The minimum Gasteiger partial charge on any atom is -0.360 e. The molecule has 1 amide bonds. The Bertz CT molecular complexity index is 1190. The van der Waals surface area contributed by atoms with Gasteiger partial charge in [-0.2, -0.15) is 4.31 Å². The molecule has 2 unspecified atom stereocenters. The third kappa shape index (κ3) is 4.72. The molecule has 1 aliphatic rings. The molecular formula is C20H28N4O6S2. The Labute approximate surface area is 188 Å². The van der Waals surface area contributed by atoms with E-state index in [-0.39, 0.29) is 34.0 Å². The van der Waals surface area contributed by atoms with E-state index in [1.165, 1.54) is 16.4 Å². The minimum atomic E-state index is -3.83. The molecule has 0 bridgehead atoms. The van der Waals surface area contributed by atoms with Crippen molar-refractivity contribution < 1.29 is 26.2 Å². The van der Waals surface area contributed by atoms with E-state index in [1.807, 2.05) is 6.92 Å². The van der Waals surface area contributed by atoms with Crippen molar-refractivity contribution in [3.05, 3.63) is 41.3 Å². The van der Waals surface area contributed by atoms with Crippen molar-refractivity contribution in [3.8, 4) is 0 Å². The van der Waals surface area contributed by atoms with Gasteiger partial charge < -0.3 is 9.42 Å². The number of nitrogens with two attached hydrogens (primary N) is 1. The third-order valence-corrected chi connectivity index (χ3v) is 8.96. The van der Waals surface area contributed by atoms with Crippen molar-refractivity contribution in [2.45, 2.75) is 49.4 Å². The molecule has 2 aromatic rings. The largest absolute Gasteiger partial charge is 0.360 e. The molecule has 1 fully saturated rings. The lowest BCUT2D eigenvalue weighted by Gasteiger charge is -2.35. The molecular weight excluding hydrogens is 456 g/mol. The number of aromatic nitrogens is 1. The molecule has 0 radical (unpaired) electrons. The summed E-state index contributed by atoms with van der Waals surface area (Å²) in [6.45, 7) is 5.35. The minimum absolute atomic E-state index is 0.00474. The van der Waals surface area contributed by atoms with Gasteiger partial charge in [0.15, 0.2) is 5.76 Å². The van der Waals surface area contributed by atoms with Crippen LogP contribution in [0.3, 0.4) is 0 Å². The molecule has 2 heterocycles.